The van der Waals surface area contributed by atoms with E-state index in [9.17, 15) is 9.59 Å². The second-order valence-electron chi connectivity index (χ2n) is 5.49. The fourth-order valence-electron chi connectivity index (χ4n) is 2.75. The molecule has 0 fully saturated rings. The molecule has 124 valence electrons. The minimum atomic E-state index is -0.674. The number of anilines is 1. The zero-order valence-corrected chi connectivity index (χ0v) is 14.0. The summed E-state index contributed by atoms with van der Waals surface area (Å²) in [6.45, 7) is 0.313. The Balaban J connectivity index is 2.05. The van der Waals surface area contributed by atoms with Crippen LogP contribution in [0, 0.1) is 11.3 Å². The summed E-state index contributed by atoms with van der Waals surface area (Å²) >= 11 is 6.01. The first-order valence-electron chi connectivity index (χ1n) is 7.73. The normalized spacial score (nSPS) is 16.8. The van der Waals surface area contributed by atoms with Crippen LogP contribution in [0.1, 0.15) is 28.3 Å². The number of carbonyl (C=O) groups excluding carboxylic acids is 2. The van der Waals surface area contributed by atoms with Crippen molar-refractivity contribution in [3.63, 3.8) is 0 Å². The first-order chi connectivity index (χ1) is 12.1. The van der Waals surface area contributed by atoms with Crippen LogP contribution in [-0.4, -0.2) is 24.6 Å². The van der Waals surface area contributed by atoms with Crippen LogP contribution < -0.4 is 4.90 Å². The molecule has 2 aromatic carbocycles. The number of nitrogens with zero attached hydrogens (tertiary/aromatic N) is 3. The van der Waals surface area contributed by atoms with Crippen LogP contribution in [0.25, 0.3) is 0 Å². The van der Waals surface area contributed by atoms with Gasteiger partial charge in [-0.05, 0) is 29.8 Å². The fraction of sp³-hybridized carbons (Fsp3) is 0.158. The summed E-state index contributed by atoms with van der Waals surface area (Å²) in [5, 5.41) is 9.05. The molecular formula is C19H14ClN3O2. The molecule has 2 amide bonds. The predicted molar refractivity (Wildman–Crippen MR) is 96.0 cm³/mol. The highest BCUT2D eigenvalue weighted by atomic mass is 35.5. The van der Waals surface area contributed by atoms with Gasteiger partial charge in [-0.1, -0.05) is 35.9 Å². The molecule has 0 bridgehead atoms. The van der Waals surface area contributed by atoms with Gasteiger partial charge >= 0.3 is 0 Å². The van der Waals surface area contributed by atoms with Crippen LogP contribution in [0.4, 0.5) is 5.69 Å². The van der Waals surface area contributed by atoms with Gasteiger partial charge in [-0.25, -0.2) is 4.90 Å². The van der Waals surface area contributed by atoms with Gasteiger partial charge in [0.25, 0.3) is 5.91 Å². The van der Waals surface area contributed by atoms with Gasteiger partial charge in [-0.2, -0.15) is 5.26 Å². The van der Waals surface area contributed by atoms with Gasteiger partial charge in [0.15, 0.2) is 0 Å². The number of nitriles is 1. The van der Waals surface area contributed by atoms with Crippen LogP contribution >= 0.6 is 11.6 Å². The topological polar surface area (TPSA) is 73.5 Å². The van der Waals surface area contributed by atoms with Gasteiger partial charge in [-0.3, -0.25) is 14.6 Å². The number of benzene rings is 2. The number of amides is 2. The molecule has 3 rings (SSSR count). The second kappa shape index (κ2) is 7.29. The van der Waals surface area contributed by atoms with E-state index >= 15 is 0 Å². The number of hydrogen-bond acceptors (Lipinski definition) is 4. The number of rotatable bonds is 4. The molecular weight excluding hydrogens is 338 g/mol. The van der Waals surface area contributed by atoms with Crippen LogP contribution in [0.2, 0.25) is 5.02 Å². The Morgan fingerprint density at radius 2 is 2.00 bits per heavy atom. The third-order valence-corrected chi connectivity index (χ3v) is 4.12. The van der Waals surface area contributed by atoms with Crippen molar-refractivity contribution in [1.29, 1.82) is 5.26 Å². The minimum absolute atomic E-state index is 0.274. The highest BCUT2D eigenvalue weighted by Crippen LogP contribution is 2.32. The molecule has 2 aromatic rings. The summed E-state index contributed by atoms with van der Waals surface area (Å²) in [4.78, 5) is 31.1. The maximum absolute atomic E-state index is 13.0. The summed E-state index contributed by atoms with van der Waals surface area (Å²) in [5.74, 6) is -1.44. The van der Waals surface area contributed by atoms with E-state index in [1.54, 1.807) is 48.5 Å². The molecule has 1 aliphatic rings. The zero-order valence-electron chi connectivity index (χ0n) is 13.2. The molecule has 0 radical (unpaired) electrons. The fourth-order valence-corrected chi connectivity index (χ4v) is 2.94. The highest BCUT2D eigenvalue weighted by molar-refractivity contribution is 6.32. The van der Waals surface area contributed by atoms with Crippen LogP contribution in [0.15, 0.2) is 53.5 Å². The van der Waals surface area contributed by atoms with Crippen molar-refractivity contribution in [2.45, 2.75) is 12.3 Å². The summed E-state index contributed by atoms with van der Waals surface area (Å²) in [7, 11) is 0. The lowest BCUT2D eigenvalue weighted by Crippen LogP contribution is -2.45. The van der Waals surface area contributed by atoms with Gasteiger partial charge in [-0.15, -0.1) is 0 Å². The van der Waals surface area contributed by atoms with E-state index in [0.29, 0.717) is 28.4 Å². The van der Waals surface area contributed by atoms with Crippen molar-refractivity contribution in [3.05, 3.63) is 64.7 Å². The van der Waals surface area contributed by atoms with Crippen molar-refractivity contribution in [2.24, 2.45) is 4.99 Å². The van der Waals surface area contributed by atoms with E-state index in [1.807, 2.05) is 6.07 Å². The molecule has 0 unspecified atom stereocenters. The van der Waals surface area contributed by atoms with E-state index < -0.39 is 5.92 Å². The minimum Gasteiger partial charge on any atom is -0.295 e. The number of hydrogen-bond donors (Lipinski definition) is 0. The molecule has 0 spiro atoms. The molecule has 25 heavy (non-hydrogen) atoms. The third kappa shape index (κ3) is 3.30. The second-order valence-corrected chi connectivity index (χ2v) is 5.92. The van der Waals surface area contributed by atoms with Crippen molar-refractivity contribution in [1.82, 2.24) is 0 Å². The van der Waals surface area contributed by atoms with E-state index in [4.69, 9.17) is 16.9 Å². The van der Waals surface area contributed by atoms with Gasteiger partial charge in [0.05, 0.1) is 30.6 Å². The third-order valence-electron chi connectivity index (χ3n) is 3.89. The van der Waals surface area contributed by atoms with E-state index in [2.05, 4.69) is 4.99 Å². The van der Waals surface area contributed by atoms with Crippen LogP contribution in [0.3, 0.4) is 0 Å². The SMILES string of the molecule is N#CCCN=C[C@H]1C(=O)N(c2cccc(Cl)c2)C(=O)c2ccccc21. The Bertz CT molecular complexity index is 902. The lowest BCUT2D eigenvalue weighted by molar-refractivity contribution is -0.118. The molecule has 0 N–H and O–H groups in total. The maximum atomic E-state index is 13.0. The molecule has 1 heterocycles. The van der Waals surface area contributed by atoms with Crippen molar-refractivity contribution in [3.8, 4) is 6.07 Å². The standard InChI is InChI=1S/C19H14ClN3O2/c20-13-5-3-6-14(11-13)23-18(24)16-8-2-1-7-15(16)17(19(23)25)12-22-10-4-9-21/h1-3,5-8,11-12,17H,4,10H2/t17-/m1/s1. The van der Waals surface area contributed by atoms with E-state index in [1.165, 1.54) is 6.21 Å². The quantitative estimate of drug-likeness (QED) is 0.480. The van der Waals surface area contributed by atoms with Gasteiger partial charge in [0.2, 0.25) is 5.91 Å². The van der Waals surface area contributed by atoms with Crippen molar-refractivity contribution >= 4 is 35.3 Å². The van der Waals surface area contributed by atoms with Crippen molar-refractivity contribution < 1.29 is 9.59 Å². The summed E-state index contributed by atoms with van der Waals surface area (Å²) in [6.07, 6.45) is 1.79. The maximum Gasteiger partial charge on any atom is 0.265 e. The summed E-state index contributed by atoms with van der Waals surface area (Å²) in [5.41, 5.74) is 1.50. The Labute approximate surface area is 150 Å². The smallest absolute Gasteiger partial charge is 0.265 e. The molecule has 0 aromatic heterocycles. The molecule has 5 nitrogen and oxygen atoms in total. The molecule has 0 saturated heterocycles. The average molecular weight is 352 g/mol. The Morgan fingerprint density at radius 1 is 1.20 bits per heavy atom. The summed E-state index contributed by atoms with van der Waals surface area (Å²) in [6, 6.07) is 15.6. The van der Waals surface area contributed by atoms with Crippen LogP contribution in [-0.2, 0) is 4.79 Å². The van der Waals surface area contributed by atoms with Gasteiger partial charge in [0, 0.05) is 16.8 Å². The molecule has 6 heteroatoms. The predicted octanol–water partition coefficient (Wildman–Crippen LogP) is 3.60. The zero-order chi connectivity index (χ0) is 17.8. The number of aliphatic imine (C=N–C) groups is 1. The highest BCUT2D eigenvalue weighted by Gasteiger charge is 2.38. The Hall–Kier alpha value is -2.97. The Kier molecular flexibility index (Phi) is 4.92. The molecule has 1 atom stereocenters. The lowest BCUT2D eigenvalue weighted by Gasteiger charge is -2.31. The number of halogens is 1. The molecule has 1 aliphatic heterocycles. The van der Waals surface area contributed by atoms with Gasteiger partial charge < -0.3 is 0 Å². The van der Waals surface area contributed by atoms with E-state index in [-0.39, 0.29) is 18.2 Å². The van der Waals surface area contributed by atoms with Crippen molar-refractivity contribution in [2.75, 3.05) is 11.4 Å². The number of imide groups is 1. The first-order valence-corrected chi connectivity index (χ1v) is 8.11. The monoisotopic (exact) mass is 351 g/mol. The van der Waals surface area contributed by atoms with E-state index in [0.717, 1.165) is 4.90 Å². The molecule has 0 saturated carbocycles. The number of fused-ring (bicyclic) bond motifs is 1. The summed E-state index contributed by atoms with van der Waals surface area (Å²) < 4.78 is 0. The lowest BCUT2D eigenvalue weighted by atomic mass is 9.89. The van der Waals surface area contributed by atoms with Crippen LogP contribution in [0.5, 0.6) is 0 Å². The molecule has 0 aliphatic carbocycles. The number of carbonyl (C=O) groups is 2. The first kappa shape index (κ1) is 16.9. The van der Waals surface area contributed by atoms with Gasteiger partial charge in [0.1, 0.15) is 0 Å². The Morgan fingerprint density at radius 3 is 2.76 bits per heavy atom. The average Bonchev–Trinajstić information content (AvgIpc) is 2.61. The largest absolute Gasteiger partial charge is 0.295 e.